The highest BCUT2D eigenvalue weighted by molar-refractivity contribution is 6.42. The van der Waals surface area contributed by atoms with Gasteiger partial charge >= 0.3 is 0 Å². The highest BCUT2D eigenvalue weighted by Crippen LogP contribution is 2.26. The summed E-state index contributed by atoms with van der Waals surface area (Å²) >= 11 is 11.8. The van der Waals surface area contributed by atoms with Crippen LogP contribution >= 0.6 is 23.2 Å². The van der Waals surface area contributed by atoms with Crippen LogP contribution in [0.4, 0.5) is 5.82 Å². The van der Waals surface area contributed by atoms with E-state index in [1.54, 1.807) is 18.3 Å². The third-order valence-electron chi connectivity index (χ3n) is 1.96. The molecule has 0 spiro atoms. The fourth-order valence-corrected chi connectivity index (χ4v) is 1.55. The summed E-state index contributed by atoms with van der Waals surface area (Å²) in [5.41, 5.74) is 1.37. The first-order valence-electron chi connectivity index (χ1n) is 4.50. The van der Waals surface area contributed by atoms with E-state index >= 15 is 0 Å². The van der Waals surface area contributed by atoms with E-state index in [2.05, 4.69) is 21.2 Å². The molecular formula is C11H7Cl2N3. The lowest BCUT2D eigenvalue weighted by Crippen LogP contribution is -2.01. The van der Waals surface area contributed by atoms with Gasteiger partial charge in [0, 0.05) is 0 Å². The van der Waals surface area contributed by atoms with Gasteiger partial charge in [-0.25, -0.2) is 4.98 Å². The van der Waals surface area contributed by atoms with Crippen LogP contribution in [-0.2, 0) is 0 Å². The number of fused-ring (bicyclic) bond motifs is 1. The van der Waals surface area contributed by atoms with E-state index in [0.717, 1.165) is 0 Å². The molecule has 1 aromatic heterocycles. The van der Waals surface area contributed by atoms with Crippen LogP contribution in [0.2, 0.25) is 10.0 Å². The maximum Gasteiger partial charge on any atom is 0.146 e. The van der Waals surface area contributed by atoms with Crippen molar-refractivity contribution in [3.8, 4) is 12.3 Å². The summed E-state index contributed by atoms with van der Waals surface area (Å²) in [7, 11) is 0. The minimum atomic E-state index is 0.404. The molecule has 5 heteroatoms. The van der Waals surface area contributed by atoms with Crippen molar-refractivity contribution in [2.75, 3.05) is 11.9 Å². The average molecular weight is 252 g/mol. The number of aromatic nitrogens is 2. The first-order valence-corrected chi connectivity index (χ1v) is 5.25. The van der Waals surface area contributed by atoms with Crippen LogP contribution in [0.25, 0.3) is 11.0 Å². The molecule has 0 saturated heterocycles. The number of hydrogen-bond acceptors (Lipinski definition) is 3. The Morgan fingerprint density at radius 1 is 1.25 bits per heavy atom. The van der Waals surface area contributed by atoms with Crippen LogP contribution in [0, 0.1) is 12.3 Å². The smallest absolute Gasteiger partial charge is 0.146 e. The van der Waals surface area contributed by atoms with Gasteiger partial charge in [-0.05, 0) is 12.1 Å². The second-order valence-corrected chi connectivity index (χ2v) is 3.88. The van der Waals surface area contributed by atoms with Crippen LogP contribution in [0.3, 0.4) is 0 Å². The third kappa shape index (κ3) is 2.19. The van der Waals surface area contributed by atoms with Crippen molar-refractivity contribution in [3.05, 3.63) is 28.4 Å². The number of anilines is 1. The van der Waals surface area contributed by atoms with Crippen molar-refractivity contribution < 1.29 is 0 Å². The first kappa shape index (κ1) is 11.0. The largest absolute Gasteiger partial charge is 0.358 e. The molecule has 3 nitrogen and oxygen atoms in total. The Hall–Kier alpha value is -1.50. The fourth-order valence-electron chi connectivity index (χ4n) is 1.23. The van der Waals surface area contributed by atoms with Gasteiger partial charge in [0.05, 0.1) is 33.8 Å². The quantitative estimate of drug-likeness (QED) is 0.835. The topological polar surface area (TPSA) is 37.8 Å². The summed E-state index contributed by atoms with van der Waals surface area (Å²) in [5, 5.41) is 3.86. The van der Waals surface area contributed by atoms with Gasteiger partial charge in [-0.2, -0.15) is 0 Å². The van der Waals surface area contributed by atoms with Crippen LogP contribution < -0.4 is 5.32 Å². The summed E-state index contributed by atoms with van der Waals surface area (Å²) in [4.78, 5) is 8.50. The van der Waals surface area contributed by atoms with Gasteiger partial charge in [0.15, 0.2) is 0 Å². The van der Waals surface area contributed by atoms with Crippen molar-refractivity contribution in [3.63, 3.8) is 0 Å². The molecule has 0 aliphatic carbocycles. The monoisotopic (exact) mass is 251 g/mol. The molecule has 1 N–H and O–H groups in total. The third-order valence-corrected chi connectivity index (χ3v) is 2.68. The highest BCUT2D eigenvalue weighted by Gasteiger charge is 2.04. The standard InChI is InChI=1S/C11H7Cl2N3/c1-2-3-14-11-6-15-9-4-7(12)8(13)5-10(9)16-11/h1,4-6H,3H2,(H,14,16). The summed E-state index contributed by atoms with van der Waals surface area (Å²) in [6, 6.07) is 3.35. The molecule has 0 saturated carbocycles. The molecule has 0 aliphatic heterocycles. The molecule has 2 rings (SSSR count). The lowest BCUT2D eigenvalue weighted by Gasteiger charge is -2.04. The van der Waals surface area contributed by atoms with Gasteiger partial charge in [-0.1, -0.05) is 29.1 Å². The van der Waals surface area contributed by atoms with Gasteiger partial charge < -0.3 is 5.32 Å². The molecule has 80 valence electrons. The minimum absolute atomic E-state index is 0.404. The molecule has 0 fully saturated rings. The maximum atomic E-state index is 5.89. The second-order valence-electron chi connectivity index (χ2n) is 3.07. The zero-order valence-electron chi connectivity index (χ0n) is 8.17. The summed E-state index contributed by atoms with van der Waals surface area (Å²) in [6.45, 7) is 0.404. The summed E-state index contributed by atoms with van der Waals surface area (Å²) in [5.74, 6) is 3.07. The molecule has 16 heavy (non-hydrogen) atoms. The first-order chi connectivity index (χ1) is 7.70. The van der Waals surface area contributed by atoms with Gasteiger partial charge in [0.1, 0.15) is 5.82 Å². The molecule has 0 amide bonds. The van der Waals surface area contributed by atoms with Crippen LogP contribution in [0.5, 0.6) is 0 Å². The summed E-state index contributed by atoms with van der Waals surface area (Å²) < 4.78 is 0. The van der Waals surface area contributed by atoms with Crippen LogP contribution in [0.1, 0.15) is 0 Å². The molecule has 0 unspecified atom stereocenters. The normalized spacial score (nSPS) is 10.1. The zero-order valence-corrected chi connectivity index (χ0v) is 9.68. The van der Waals surface area contributed by atoms with Gasteiger partial charge in [0.2, 0.25) is 0 Å². The van der Waals surface area contributed by atoms with E-state index in [1.807, 2.05) is 0 Å². The SMILES string of the molecule is C#CCNc1cnc2cc(Cl)c(Cl)cc2n1. The Morgan fingerprint density at radius 3 is 2.62 bits per heavy atom. The van der Waals surface area contributed by atoms with E-state index in [9.17, 15) is 0 Å². The molecule has 1 heterocycles. The molecule has 0 bridgehead atoms. The lowest BCUT2D eigenvalue weighted by molar-refractivity contribution is 1.23. The minimum Gasteiger partial charge on any atom is -0.358 e. The summed E-state index contributed by atoms with van der Waals surface area (Å²) in [6.07, 6.45) is 6.73. The van der Waals surface area contributed by atoms with Crippen molar-refractivity contribution in [2.45, 2.75) is 0 Å². The number of halogens is 2. The second kappa shape index (κ2) is 4.56. The molecule has 1 aromatic carbocycles. The Balaban J connectivity index is 2.46. The van der Waals surface area contributed by atoms with Crippen molar-refractivity contribution in [1.82, 2.24) is 9.97 Å². The number of benzene rings is 1. The van der Waals surface area contributed by atoms with Crippen molar-refractivity contribution in [2.24, 2.45) is 0 Å². The van der Waals surface area contributed by atoms with Crippen LogP contribution in [0.15, 0.2) is 18.3 Å². The Labute approximate surface area is 103 Å². The number of rotatable bonds is 2. The molecule has 0 aliphatic rings. The Bertz CT molecular complexity index is 575. The Kier molecular flexibility index (Phi) is 3.14. The van der Waals surface area contributed by atoms with E-state index < -0.39 is 0 Å². The molecule has 0 radical (unpaired) electrons. The van der Waals surface area contributed by atoms with Crippen LogP contribution in [-0.4, -0.2) is 16.5 Å². The number of terminal acetylenes is 1. The van der Waals surface area contributed by atoms with E-state index in [1.165, 1.54) is 0 Å². The number of nitrogens with zero attached hydrogens (tertiary/aromatic N) is 2. The average Bonchev–Trinajstić information content (AvgIpc) is 2.28. The van der Waals surface area contributed by atoms with Gasteiger partial charge in [-0.3, -0.25) is 4.98 Å². The Morgan fingerprint density at radius 2 is 1.94 bits per heavy atom. The van der Waals surface area contributed by atoms with E-state index in [4.69, 9.17) is 29.6 Å². The predicted molar refractivity (Wildman–Crippen MR) is 66.9 cm³/mol. The number of hydrogen-bond donors (Lipinski definition) is 1. The van der Waals surface area contributed by atoms with Crippen molar-refractivity contribution in [1.29, 1.82) is 0 Å². The number of nitrogens with one attached hydrogen (secondary N) is 1. The molecule has 0 atom stereocenters. The van der Waals surface area contributed by atoms with Gasteiger partial charge in [0.25, 0.3) is 0 Å². The zero-order chi connectivity index (χ0) is 11.5. The van der Waals surface area contributed by atoms with E-state index in [0.29, 0.717) is 33.4 Å². The molecular weight excluding hydrogens is 245 g/mol. The van der Waals surface area contributed by atoms with Crippen molar-refractivity contribution >= 4 is 40.1 Å². The fraction of sp³-hybridized carbons (Fsp3) is 0.0909. The maximum absolute atomic E-state index is 5.89. The molecule has 2 aromatic rings. The lowest BCUT2D eigenvalue weighted by atomic mass is 10.3. The predicted octanol–water partition coefficient (Wildman–Crippen LogP) is 2.98. The van der Waals surface area contributed by atoms with Gasteiger partial charge in [-0.15, -0.1) is 6.42 Å². The van der Waals surface area contributed by atoms with E-state index in [-0.39, 0.29) is 0 Å². The highest BCUT2D eigenvalue weighted by atomic mass is 35.5.